The molecule has 1 unspecified atom stereocenters. The Labute approximate surface area is 105 Å². The van der Waals surface area contributed by atoms with Crippen LogP contribution in [0.1, 0.15) is 39.0 Å². The second kappa shape index (κ2) is 11.5. The Balaban J connectivity index is 3.30. The normalized spacial score (nSPS) is 14.2. The van der Waals surface area contributed by atoms with Gasteiger partial charge < -0.3 is 0 Å². The van der Waals surface area contributed by atoms with Crippen LogP contribution in [0.4, 0.5) is 0 Å². The van der Waals surface area contributed by atoms with Crippen LogP contribution in [0, 0.1) is 0 Å². The van der Waals surface area contributed by atoms with Crippen LogP contribution in [-0.2, 0) is 0 Å². The van der Waals surface area contributed by atoms with Gasteiger partial charge in [-0.25, -0.2) is 0 Å². The molecule has 1 atom stereocenters. The maximum Gasteiger partial charge on any atom is 0.0245 e. The number of alkyl halides is 2. The standard InChI is InChI=1S/C12H20Br2/c1-2-3-4-5-6-7-8-9-10-12(14)11-13/h5-8,12H,2-4,9-11H2,1H3/b6-5?,8-7-. The molecule has 0 aromatic rings. The Morgan fingerprint density at radius 1 is 1.14 bits per heavy atom. The molecule has 0 aromatic heterocycles. The summed E-state index contributed by atoms with van der Waals surface area (Å²) in [7, 11) is 0. The van der Waals surface area contributed by atoms with Gasteiger partial charge >= 0.3 is 0 Å². The van der Waals surface area contributed by atoms with E-state index in [1.165, 1.54) is 25.7 Å². The lowest BCUT2D eigenvalue weighted by molar-refractivity contribution is 0.814. The van der Waals surface area contributed by atoms with Crippen LogP contribution in [-0.4, -0.2) is 10.2 Å². The minimum absolute atomic E-state index is 0.608. The lowest BCUT2D eigenvalue weighted by Gasteiger charge is -2.00. The summed E-state index contributed by atoms with van der Waals surface area (Å²) in [5.41, 5.74) is 0. The van der Waals surface area contributed by atoms with Crippen LogP contribution in [0.3, 0.4) is 0 Å². The van der Waals surface area contributed by atoms with Gasteiger partial charge in [-0.15, -0.1) is 0 Å². The monoisotopic (exact) mass is 322 g/mol. The molecule has 0 aliphatic carbocycles. The van der Waals surface area contributed by atoms with Gasteiger partial charge in [0, 0.05) is 10.2 Å². The van der Waals surface area contributed by atoms with E-state index < -0.39 is 0 Å². The zero-order valence-corrected chi connectivity index (χ0v) is 12.1. The largest absolute Gasteiger partial charge is 0.0916 e. The lowest BCUT2D eigenvalue weighted by Crippen LogP contribution is -1.96. The summed E-state index contributed by atoms with van der Waals surface area (Å²) in [6, 6.07) is 0. The lowest BCUT2D eigenvalue weighted by atomic mass is 10.2. The van der Waals surface area contributed by atoms with Gasteiger partial charge in [-0.2, -0.15) is 0 Å². The topological polar surface area (TPSA) is 0 Å². The molecule has 0 amide bonds. The van der Waals surface area contributed by atoms with Gasteiger partial charge in [0.1, 0.15) is 0 Å². The van der Waals surface area contributed by atoms with Crippen LogP contribution in [0.2, 0.25) is 0 Å². The number of hydrogen-bond donors (Lipinski definition) is 0. The molecule has 14 heavy (non-hydrogen) atoms. The summed E-state index contributed by atoms with van der Waals surface area (Å²) in [4.78, 5) is 0.608. The maximum absolute atomic E-state index is 3.58. The van der Waals surface area contributed by atoms with Crippen molar-refractivity contribution in [1.82, 2.24) is 0 Å². The van der Waals surface area contributed by atoms with Crippen molar-refractivity contribution >= 4 is 31.9 Å². The van der Waals surface area contributed by atoms with E-state index in [9.17, 15) is 0 Å². The van der Waals surface area contributed by atoms with Crippen LogP contribution in [0.5, 0.6) is 0 Å². The first-order valence-electron chi connectivity index (χ1n) is 5.33. The molecular formula is C12H20Br2. The van der Waals surface area contributed by atoms with Crippen molar-refractivity contribution in [2.45, 2.75) is 43.9 Å². The first-order valence-corrected chi connectivity index (χ1v) is 7.36. The molecule has 0 saturated heterocycles. The van der Waals surface area contributed by atoms with Crippen LogP contribution in [0.25, 0.3) is 0 Å². The second-order valence-electron chi connectivity index (χ2n) is 3.33. The van der Waals surface area contributed by atoms with Crippen molar-refractivity contribution in [2.24, 2.45) is 0 Å². The number of unbranched alkanes of at least 4 members (excludes halogenated alkanes) is 2. The SMILES string of the molecule is CCCCC=C/C=C\CCC(Br)CBr. The molecule has 0 aliphatic heterocycles. The minimum Gasteiger partial charge on any atom is -0.0916 e. The Hall–Kier alpha value is 0.440. The summed E-state index contributed by atoms with van der Waals surface area (Å²) in [6.45, 7) is 2.22. The zero-order valence-electron chi connectivity index (χ0n) is 8.89. The molecule has 0 N–H and O–H groups in total. The highest BCUT2D eigenvalue weighted by Gasteiger charge is 1.97. The summed E-state index contributed by atoms with van der Waals surface area (Å²) in [5, 5.41) is 1.03. The molecule has 0 bridgehead atoms. The van der Waals surface area contributed by atoms with Gasteiger partial charge in [0.2, 0.25) is 0 Å². The summed E-state index contributed by atoms with van der Waals surface area (Å²) < 4.78 is 0. The number of rotatable bonds is 8. The van der Waals surface area contributed by atoms with Crippen LogP contribution < -0.4 is 0 Å². The van der Waals surface area contributed by atoms with Crippen molar-refractivity contribution in [3.63, 3.8) is 0 Å². The summed E-state index contributed by atoms with van der Waals surface area (Å²) >= 11 is 7.02. The van der Waals surface area contributed by atoms with Gasteiger partial charge in [0.25, 0.3) is 0 Å². The van der Waals surface area contributed by atoms with Crippen LogP contribution in [0.15, 0.2) is 24.3 Å². The van der Waals surface area contributed by atoms with E-state index in [1.807, 2.05) is 0 Å². The third-order valence-electron chi connectivity index (χ3n) is 1.92. The molecule has 0 nitrogen and oxygen atoms in total. The smallest absolute Gasteiger partial charge is 0.0245 e. The molecule has 0 aliphatic rings. The van der Waals surface area contributed by atoms with Crippen molar-refractivity contribution < 1.29 is 0 Å². The van der Waals surface area contributed by atoms with Gasteiger partial charge in [-0.3, -0.25) is 0 Å². The highest BCUT2D eigenvalue weighted by molar-refractivity contribution is 9.12. The summed E-state index contributed by atoms with van der Waals surface area (Å²) in [5.74, 6) is 0. The van der Waals surface area contributed by atoms with Crippen molar-refractivity contribution in [3.05, 3.63) is 24.3 Å². The molecule has 0 aromatic carbocycles. The average molecular weight is 324 g/mol. The molecular weight excluding hydrogens is 304 g/mol. The molecule has 0 saturated carbocycles. The second-order valence-corrected chi connectivity index (χ2v) is 5.27. The number of allylic oxidation sites excluding steroid dienone is 4. The molecule has 0 rings (SSSR count). The predicted octanol–water partition coefficient (Wildman–Crippen LogP) is 5.23. The highest BCUT2D eigenvalue weighted by atomic mass is 79.9. The molecule has 2 heteroatoms. The maximum atomic E-state index is 3.58. The van der Waals surface area contributed by atoms with Crippen molar-refractivity contribution in [1.29, 1.82) is 0 Å². The van der Waals surface area contributed by atoms with Crippen LogP contribution >= 0.6 is 31.9 Å². The van der Waals surface area contributed by atoms with Crippen molar-refractivity contribution in [2.75, 3.05) is 5.33 Å². The van der Waals surface area contributed by atoms with Gasteiger partial charge in [0.05, 0.1) is 0 Å². The van der Waals surface area contributed by atoms with Gasteiger partial charge in [0.15, 0.2) is 0 Å². The number of hydrogen-bond acceptors (Lipinski definition) is 0. The van der Waals surface area contributed by atoms with E-state index >= 15 is 0 Å². The molecule has 82 valence electrons. The molecule has 0 heterocycles. The fourth-order valence-corrected chi connectivity index (χ4v) is 1.61. The quantitative estimate of drug-likeness (QED) is 0.326. The van der Waals surface area contributed by atoms with E-state index in [1.54, 1.807) is 0 Å². The average Bonchev–Trinajstić information content (AvgIpc) is 2.21. The van der Waals surface area contributed by atoms with E-state index in [0.29, 0.717) is 4.83 Å². The third kappa shape index (κ3) is 10.5. The van der Waals surface area contributed by atoms with E-state index in [-0.39, 0.29) is 0 Å². The Kier molecular flexibility index (Phi) is 11.9. The number of halogens is 2. The minimum atomic E-state index is 0.608. The Bertz CT molecular complexity index is 162. The van der Waals surface area contributed by atoms with Gasteiger partial charge in [-0.1, -0.05) is 75.9 Å². The Morgan fingerprint density at radius 3 is 2.36 bits per heavy atom. The fourth-order valence-electron chi connectivity index (χ4n) is 1.03. The zero-order chi connectivity index (χ0) is 10.6. The van der Waals surface area contributed by atoms with E-state index in [2.05, 4.69) is 63.1 Å². The first kappa shape index (κ1) is 14.4. The highest BCUT2D eigenvalue weighted by Crippen LogP contribution is 2.10. The molecule has 0 fully saturated rings. The first-order chi connectivity index (χ1) is 6.81. The van der Waals surface area contributed by atoms with E-state index in [4.69, 9.17) is 0 Å². The predicted molar refractivity (Wildman–Crippen MR) is 73.5 cm³/mol. The Morgan fingerprint density at radius 2 is 1.79 bits per heavy atom. The summed E-state index contributed by atoms with van der Waals surface area (Å²) in [6.07, 6.45) is 14.9. The fraction of sp³-hybridized carbons (Fsp3) is 0.667. The van der Waals surface area contributed by atoms with Gasteiger partial charge in [-0.05, 0) is 19.3 Å². The van der Waals surface area contributed by atoms with E-state index in [0.717, 1.165) is 11.8 Å². The van der Waals surface area contributed by atoms with Crippen molar-refractivity contribution in [3.8, 4) is 0 Å². The molecule has 0 spiro atoms. The molecule has 0 radical (unpaired) electrons. The third-order valence-corrected chi connectivity index (χ3v) is 4.35.